The van der Waals surface area contributed by atoms with Gasteiger partial charge >= 0.3 is 0 Å². The number of nitrogens with zero attached hydrogens (tertiary/aromatic N) is 4. The lowest BCUT2D eigenvalue weighted by Gasteiger charge is -2.12. The van der Waals surface area contributed by atoms with E-state index in [1.54, 1.807) is 0 Å². The Balaban J connectivity index is 1.39. The van der Waals surface area contributed by atoms with Crippen molar-refractivity contribution in [1.82, 2.24) is 25.6 Å². The summed E-state index contributed by atoms with van der Waals surface area (Å²) in [5.74, 6) is 1.37. The maximum Gasteiger partial charge on any atom is 0.205 e. The van der Waals surface area contributed by atoms with E-state index < -0.39 is 0 Å². The molecular formula is C26H23N5O2. The number of tetrazole rings is 1. The number of aliphatic hydroxyl groups is 1. The number of aromatic amines is 1. The van der Waals surface area contributed by atoms with E-state index in [0.717, 1.165) is 56.6 Å². The summed E-state index contributed by atoms with van der Waals surface area (Å²) >= 11 is 0. The van der Waals surface area contributed by atoms with Crippen molar-refractivity contribution in [2.45, 2.75) is 26.6 Å². The standard InChI is InChI=1S/C26H23N5O2/c1-2-20-14-25(23-12-9-18(15-32)13-24(23)27-20)33-16-17-7-10-19(11-8-17)21-5-3-4-6-22(21)26-28-30-31-29-26/h3-14,32H,2,15-16H2,1H3,(H,28,29,30,31). The Morgan fingerprint density at radius 1 is 0.909 bits per heavy atom. The van der Waals surface area contributed by atoms with Crippen molar-refractivity contribution in [2.24, 2.45) is 0 Å². The number of aryl methyl sites for hydroxylation is 1. The summed E-state index contributed by atoms with van der Waals surface area (Å²) in [7, 11) is 0. The zero-order valence-electron chi connectivity index (χ0n) is 18.2. The van der Waals surface area contributed by atoms with Crippen molar-refractivity contribution in [3.63, 3.8) is 0 Å². The Kier molecular flexibility index (Phi) is 5.78. The van der Waals surface area contributed by atoms with Crippen LogP contribution in [0.2, 0.25) is 0 Å². The van der Waals surface area contributed by atoms with Gasteiger partial charge in [0.05, 0.1) is 12.1 Å². The second-order valence-electron chi connectivity index (χ2n) is 7.74. The molecule has 164 valence electrons. The van der Waals surface area contributed by atoms with Gasteiger partial charge in [-0.15, -0.1) is 10.2 Å². The summed E-state index contributed by atoms with van der Waals surface area (Å²) in [5.41, 5.74) is 6.73. The highest BCUT2D eigenvalue weighted by molar-refractivity contribution is 5.86. The van der Waals surface area contributed by atoms with Crippen LogP contribution in [0.15, 0.2) is 72.8 Å². The number of benzene rings is 3. The number of hydrogen-bond acceptors (Lipinski definition) is 6. The van der Waals surface area contributed by atoms with E-state index in [2.05, 4.69) is 56.8 Å². The van der Waals surface area contributed by atoms with Crippen LogP contribution in [0.1, 0.15) is 23.7 Å². The summed E-state index contributed by atoms with van der Waals surface area (Å²) in [6.45, 7) is 2.50. The van der Waals surface area contributed by atoms with E-state index in [4.69, 9.17) is 4.74 Å². The monoisotopic (exact) mass is 437 g/mol. The molecule has 5 rings (SSSR count). The Morgan fingerprint density at radius 2 is 1.70 bits per heavy atom. The third-order valence-corrected chi connectivity index (χ3v) is 5.61. The lowest BCUT2D eigenvalue weighted by molar-refractivity contribution is 0.282. The predicted octanol–water partition coefficient (Wildman–Crippen LogP) is 4.72. The second kappa shape index (κ2) is 9.18. The van der Waals surface area contributed by atoms with Crippen molar-refractivity contribution in [2.75, 3.05) is 0 Å². The number of ether oxygens (including phenoxy) is 1. The highest BCUT2D eigenvalue weighted by Crippen LogP contribution is 2.31. The molecule has 0 radical (unpaired) electrons. The fourth-order valence-corrected chi connectivity index (χ4v) is 3.84. The van der Waals surface area contributed by atoms with Crippen molar-refractivity contribution >= 4 is 10.9 Å². The van der Waals surface area contributed by atoms with Gasteiger partial charge in [0.1, 0.15) is 12.4 Å². The Morgan fingerprint density at radius 3 is 2.42 bits per heavy atom. The van der Waals surface area contributed by atoms with E-state index in [1.807, 2.05) is 48.5 Å². The summed E-state index contributed by atoms with van der Waals surface area (Å²) < 4.78 is 6.21. The smallest absolute Gasteiger partial charge is 0.205 e. The number of pyridine rings is 1. The van der Waals surface area contributed by atoms with Gasteiger partial charge in [-0.2, -0.15) is 5.21 Å². The van der Waals surface area contributed by atoms with Gasteiger partial charge in [0.15, 0.2) is 0 Å². The molecule has 2 N–H and O–H groups in total. The summed E-state index contributed by atoms with van der Waals surface area (Å²) in [4.78, 5) is 4.68. The molecule has 2 aromatic heterocycles. The van der Waals surface area contributed by atoms with Crippen LogP contribution in [0.25, 0.3) is 33.4 Å². The van der Waals surface area contributed by atoms with Crippen LogP contribution in [0, 0.1) is 0 Å². The Labute approximate surface area is 191 Å². The molecule has 7 nitrogen and oxygen atoms in total. The summed E-state index contributed by atoms with van der Waals surface area (Å²) in [6.07, 6.45) is 0.810. The van der Waals surface area contributed by atoms with Gasteiger partial charge < -0.3 is 9.84 Å². The number of aliphatic hydroxyl groups excluding tert-OH is 1. The van der Waals surface area contributed by atoms with Gasteiger partial charge in [0.2, 0.25) is 5.82 Å². The van der Waals surface area contributed by atoms with Gasteiger partial charge in [0, 0.05) is 22.7 Å². The van der Waals surface area contributed by atoms with Crippen molar-refractivity contribution in [3.8, 4) is 28.3 Å². The van der Waals surface area contributed by atoms with Crippen molar-refractivity contribution in [1.29, 1.82) is 0 Å². The molecule has 0 saturated carbocycles. The normalized spacial score (nSPS) is 11.1. The van der Waals surface area contributed by atoms with E-state index in [-0.39, 0.29) is 6.61 Å². The third-order valence-electron chi connectivity index (χ3n) is 5.61. The molecule has 0 fully saturated rings. The number of hydrogen-bond donors (Lipinski definition) is 2. The number of aromatic nitrogens is 5. The molecule has 5 aromatic rings. The van der Waals surface area contributed by atoms with Crippen LogP contribution in [0.5, 0.6) is 5.75 Å². The largest absolute Gasteiger partial charge is 0.488 e. The molecule has 3 aromatic carbocycles. The summed E-state index contributed by atoms with van der Waals surface area (Å²) in [5, 5.41) is 24.8. The number of nitrogens with one attached hydrogen (secondary N) is 1. The highest BCUT2D eigenvalue weighted by Gasteiger charge is 2.11. The lowest BCUT2D eigenvalue weighted by atomic mass is 9.98. The molecule has 7 heteroatoms. The number of rotatable bonds is 7. The molecule has 0 unspecified atom stereocenters. The van der Waals surface area contributed by atoms with E-state index in [1.165, 1.54) is 0 Å². The minimum absolute atomic E-state index is 0.00758. The first-order valence-electron chi connectivity index (χ1n) is 10.8. The molecule has 0 aliphatic heterocycles. The molecule has 0 atom stereocenters. The van der Waals surface area contributed by atoms with Gasteiger partial charge in [-0.1, -0.05) is 61.5 Å². The van der Waals surface area contributed by atoms with E-state index in [0.29, 0.717) is 12.4 Å². The molecule has 0 saturated heterocycles. The van der Waals surface area contributed by atoms with Crippen LogP contribution in [0.4, 0.5) is 0 Å². The maximum atomic E-state index is 9.45. The fourth-order valence-electron chi connectivity index (χ4n) is 3.84. The molecule has 0 bridgehead atoms. The lowest BCUT2D eigenvalue weighted by Crippen LogP contribution is -1.99. The number of fused-ring (bicyclic) bond motifs is 1. The Hall–Kier alpha value is -4.10. The van der Waals surface area contributed by atoms with Crippen LogP contribution in [-0.2, 0) is 19.6 Å². The minimum atomic E-state index is -0.00758. The SMILES string of the molecule is CCc1cc(OCc2ccc(-c3ccccc3-c3nn[nH]n3)cc2)c2ccc(CO)cc2n1. The van der Waals surface area contributed by atoms with Gasteiger partial charge in [0.25, 0.3) is 0 Å². The van der Waals surface area contributed by atoms with E-state index in [9.17, 15) is 5.11 Å². The molecule has 0 amide bonds. The van der Waals surface area contributed by atoms with Gasteiger partial charge in [-0.05, 0) is 46.0 Å². The first-order valence-corrected chi connectivity index (χ1v) is 10.8. The minimum Gasteiger partial charge on any atom is -0.488 e. The topological polar surface area (TPSA) is 96.8 Å². The highest BCUT2D eigenvalue weighted by atomic mass is 16.5. The van der Waals surface area contributed by atoms with Crippen LogP contribution < -0.4 is 4.74 Å². The Bertz CT molecular complexity index is 1380. The van der Waals surface area contributed by atoms with Gasteiger partial charge in [-0.25, -0.2) is 0 Å². The molecule has 0 spiro atoms. The predicted molar refractivity (Wildman–Crippen MR) is 126 cm³/mol. The molecule has 0 aliphatic rings. The van der Waals surface area contributed by atoms with E-state index >= 15 is 0 Å². The molecule has 33 heavy (non-hydrogen) atoms. The number of H-pyrrole nitrogens is 1. The molecular weight excluding hydrogens is 414 g/mol. The van der Waals surface area contributed by atoms with Crippen LogP contribution >= 0.6 is 0 Å². The fraction of sp³-hybridized carbons (Fsp3) is 0.154. The first kappa shape index (κ1) is 20.8. The quantitative estimate of drug-likeness (QED) is 0.383. The average molecular weight is 438 g/mol. The van der Waals surface area contributed by atoms with Crippen molar-refractivity contribution < 1.29 is 9.84 Å². The first-order chi connectivity index (χ1) is 16.2. The third kappa shape index (κ3) is 4.31. The van der Waals surface area contributed by atoms with Crippen LogP contribution in [0.3, 0.4) is 0 Å². The van der Waals surface area contributed by atoms with Crippen LogP contribution in [-0.4, -0.2) is 30.7 Å². The molecule has 2 heterocycles. The summed E-state index contributed by atoms with van der Waals surface area (Å²) in [6, 6.07) is 24.1. The zero-order chi connectivity index (χ0) is 22.6. The van der Waals surface area contributed by atoms with Crippen molar-refractivity contribution in [3.05, 3.63) is 89.6 Å². The second-order valence-corrected chi connectivity index (χ2v) is 7.74. The van der Waals surface area contributed by atoms with Gasteiger partial charge in [-0.3, -0.25) is 4.98 Å². The molecule has 0 aliphatic carbocycles. The average Bonchev–Trinajstić information content (AvgIpc) is 3.42. The zero-order valence-corrected chi connectivity index (χ0v) is 18.2. The maximum absolute atomic E-state index is 9.45.